The maximum absolute atomic E-state index is 3.54. The van der Waals surface area contributed by atoms with Gasteiger partial charge in [-0.15, -0.1) is 11.8 Å². The second-order valence-electron chi connectivity index (χ2n) is 3.75. The van der Waals surface area contributed by atoms with Gasteiger partial charge in [0.1, 0.15) is 0 Å². The van der Waals surface area contributed by atoms with Crippen LogP contribution < -0.4 is 5.32 Å². The average molecular weight is 165 g/mol. The fourth-order valence-corrected chi connectivity index (χ4v) is 1.81. The van der Waals surface area contributed by atoms with E-state index >= 15 is 0 Å². The predicted molar refractivity (Wildman–Crippen MR) is 52.9 cm³/mol. The van der Waals surface area contributed by atoms with Crippen LogP contribution >= 0.6 is 0 Å². The van der Waals surface area contributed by atoms with Crippen LogP contribution in [0.1, 0.15) is 39.5 Å². The molecule has 1 aliphatic rings. The monoisotopic (exact) mass is 165 g/mol. The van der Waals surface area contributed by atoms with Crippen molar-refractivity contribution in [2.75, 3.05) is 6.54 Å². The Labute approximate surface area is 75.9 Å². The van der Waals surface area contributed by atoms with Crippen molar-refractivity contribution in [2.45, 2.75) is 45.6 Å². The van der Waals surface area contributed by atoms with E-state index in [0.717, 1.165) is 18.4 Å². The molecule has 0 aliphatic carbocycles. The normalized spacial score (nSPS) is 29.2. The first-order valence-corrected chi connectivity index (χ1v) is 4.96. The zero-order chi connectivity index (χ0) is 8.81. The average Bonchev–Trinajstić information content (AvgIpc) is 2.05. The van der Waals surface area contributed by atoms with Gasteiger partial charge in [0.15, 0.2) is 0 Å². The molecule has 68 valence electrons. The third-order valence-electron chi connectivity index (χ3n) is 2.55. The molecule has 0 bridgehead atoms. The van der Waals surface area contributed by atoms with E-state index in [1.807, 2.05) is 6.92 Å². The van der Waals surface area contributed by atoms with Crippen molar-refractivity contribution < 1.29 is 0 Å². The Hall–Kier alpha value is -0.480. The summed E-state index contributed by atoms with van der Waals surface area (Å²) in [7, 11) is 0. The van der Waals surface area contributed by atoms with Crippen LogP contribution in [-0.2, 0) is 0 Å². The minimum absolute atomic E-state index is 0.731. The Morgan fingerprint density at radius 3 is 3.00 bits per heavy atom. The first-order chi connectivity index (χ1) is 5.83. The van der Waals surface area contributed by atoms with Crippen molar-refractivity contribution in [1.82, 2.24) is 5.32 Å². The molecule has 0 saturated carbocycles. The lowest BCUT2D eigenvalue weighted by atomic mass is 9.92. The number of nitrogens with one attached hydrogen (secondary N) is 1. The van der Waals surface area contributed by atoms with Crippen LogP contribution in [0, 0.1) is 17.8 Å². The van der Waals surface area contributed by atoms with Gasteiger partial charge in [0.2, 0.25) is 0 Å². The summed E-state index contributed by atoms with van der Waals surface area (Å²) in [5.41, 5.74) is 0. The maximum Gasteiger partial charge on any atom is 0.0103 e. The quantitative estimate of drug-likeness (QED) is 0.618. The van der Waals surface area contributed by atoms with Crippen molar-refractivity contribution >= 4 is 0 Å². The van der Waals surface area contributed by atoms with Crippen LogP contribution in [0.2, 0.25) is 0 Å². The zero-order valence-electron chi connectivity index (χ0n) is 8.19. The molecule has 0 amide bonds. The zero-order valence-corrected chi connectivity index (χ0v) is 8.19. The molecule has 1 nitrogen and oxygen atoms in total. The van der Waals surface area contributed by atoms with Gasteiger partial charge >= 0.3 is 0 Å². The molecule has 0 aromatic rings. The third kappa shape index (κ3) is 3.28. The van der Waals surface area contributed by atoms with Gasteiger partial charge < -0.3 is 5.32 Å². The molecule has 1 heteroatoms. The van der Waals surface area contributed by atoms with Crippen LogP contribution in [0.25, 0.3) is 0 Å². The van der Waals surface area contributed by atoms with E-state index in [1.54, 1.807) is 0 Å². The van der Waals surface area contributed by atoms with E-state index in [9.17, 15) is 0 Å². The van der Waals surface area contributed by atoms with Crippen LogP contribution in [0.3, 0.4) is 0 Å². The molecule has 2 unspecified atom stereocenters. The molecule has 0 aromatic heterocycles. The number of hydrogen-bond donors (Lipinski definition) is 1. The van der Waals surface area contributed by atoms with Crippen molar-refractivity contribution in [1.29, 1.82) is 0 Å². The number of rotatable bonds is 2. The summed E-state index contributed by atoms with van der Waals surface area (Å²) in [5.74, 6) is 6.97. The molecule has 2 atom stereocenters. The minimum atomic E-state index is 0.731. The Balaban J connectivity index is 2.17. The standard InChI is InChI=1S/C11H19N/c1-3-4-5-6-11-9-10(2)7-8-12-11/h10-12H,5-9H2,1-2H3. The summed E-state index contributed by atoms with van der Waals surface area (Å²) in [6.45, 7) is 5.46. The van der Waals surface area contributed by atoms with Crippen molar-refractivity contribution in [3.05, 3.63) is 0 Å². The van der Waals surface area contributed by atoms with Gasteiger partial charge in [-0.1, -0.05) is 6.92 Å². The van der Waals surface area contributed by atoms with Crippen molar-refractivity contribution in [3.63, 3.8) is 0 Å². The van der Waals surface area contributed by atoms with Gasteiger partial charge in [0.05, 0.1) is 0 Å². The molecule has 1 aliphatic heterocycles. The van der Waals surface area contributed by atoms with E-state index in [0.29, 0.717) is 0 Å². The molecule has 1 N–H and O–H groups in total. The van der Waals surface area contributed by atoms with Gasteiger partial charge in [-0.25, -0.2) is 0 Å². The molecule has 12 heavy (non-hydrogen) atoms. The first-order valence-electron chi connectivity index (χ1n) is 4.96. The molecule has 1 heterocycles. The number of hydrogen-bond acceptors (Lipinski definition) is 1. The van der Waals surface area contributed by atoms with Crippen molar-refractivity contribution in [3.8, 4) is 11.8 Å². The van der Waals surface area contributed by atoms with E-state index in [4.69, 9.17) is 0 Å². The summed E-state index contributed by atoms with van der Waals surface area (Å²) in [5, 5.41) is 3.54. The minimum Gasteiger partial charge on any atom is -0.314 e. The molecule has 0 aromatic carbocycles. The van der Waals surface area contributed by atoms with Gasteiger partial charge in [-0.2, -0.15) is 0 Å². The summed E-state index contributed by atoms with van der Waals surface area (Å²) >= 11 is 0. The highest BCUT2D eigenvalue weighted by atomic mass is 14.9. The Morgan fingerprint density at radius 1 is 1.50 bits per heavy atom. The lowest BCUT2D eigenvalue weighted by Gasteiger charge is -2.27. The van der Waals surface area contributed by atoms with Crippen LogP contribution in [0.4, 0.5) is 0 Å². The van der Waals surface area contributed by atoms with Gasteiger partial charge in [0, 0.05) is 12.5 Å². The molecule has 1 rings (SSSR count). The number of piperidine rings is 1. The fraction of sp³-hybridized carbons (Fsp3) is 0.818. The Morgan fingerprint density at radius 2 is 2.33 bits per heavy atom. The highest BCUT2D eigenvalue weighted by molar-refractivity contribution is 4.95. The second-order valence-corrected chi connectivity index (χ2v) is 3.75. The van der Waals surface area contributed by atoms with E-state index in [2.05, 4.69) is 24.1 Å². The lowest BCUT2D eigenvalue weighted by molar-refractivity contribution is 0.310. The fourth-order valence-electron chi connectivity index (χ4n) is 1.81. The second kappa shape index (κ2) is 5.22. The smallest absolute Gasteiger partial charge is 0.0103 e. The van der Waals surface area contributed by atoms with Crippen molar-refractivity contribution in [2.24, 2.45) is 5.92 Å². The highest BCUT2D eigenvalue weighted by Crippen LogP contribution is 2.17. The Kier molecular flexibility index (Phi) is 4.18. The third-order valence-corrected chi connectivity index (χ3v) is 2.55. The lowest BCUT2D eigenvalue weighted by Crippen LogP contribution is -2.37. The van der Waals surface area contributed by atoms with Gasteiger partial charge in [-0.3, -0.25) is 0 Å². The molecule has 0 radical (unpaired) electrons. The maximum atomic E-state index is 3.54. The summed E-state index contributed by atoms with van der Waals surface area (Å²) in [4.78, 5) is 0. The summed E-state index contributed by atoms with van der Waals surface area (Å²) < 4.78 is 0. The summed E-state index contributed by atoms with van der Waals surface area (Å²) in [6.07, 6.45) is 4.97. The molecular formula is C11H19N. The summed E-state index contributed by atoms with van der Waals surface area (Å²) in [6, 6.07) is 0.731. The van der Waals surface area contributed by atoms with E-state index in [-0.39, 0.29) is 0 Å². The largest absolute Gasteiger partial charge is 0.314 e. The topological polar surface area (TPSA) is 12.0 Å². The first kappa shape index (κ1) is 9.61. The van der Waals surface area contributed by atoms with E-state index in [1.165, 1.54) is 25.8 Å². The molecular weight excluding hydrogens is 146 g/mol. The van der Waals surface area contributed by atoms with Crippen LogP contribution in [-0.4, -0.2) is 12.6 Å². The Bertz CT molecular complexity index is 175. The van der Waals surface area contributed by atoms with Gasteiger partial charge in [-0.05, 0) is 38.6 Å². The van der Waals surface area contributed by atoms with Crippen LogP contribution in [0.5, 0.6) is 0 Å². The van der Waals surface area contributed by atoms with Crippen LogP contribution in [0.15, 0.2) is 0 Å². The molecule has 1 fully saturated rings. The van der Waals surface area contributed by atoms with E-state index < -0.39 is 0 Å². The highest BCUT2D eigenvalue weighted by Gasteiger charge is 2.16. The predicted octanol–water partition coefficient (Wildman–Crippen LogP) is 2.18. The molecule has 0 spiro atoms. The van der Waals surface area contributed by atoms with Gasteiger partial charge in [0.25, 0.3) is 0 Å². The SMILES string of the molecule is CC#CCCC1CC(C)CCN1. The molecule has 1 saturated heterocycles.